The molecule has 0 saturated heterocycles. The van der Waals surface area contributed by atoms with Crippen LogP contribution in [0, 0.1) is 6.92 Å². The zero-order valence-electron chi connectivity index (χ0n) is 12.8. The predicted molar refractivity (Wildman–Crippen MR) is 81.4 cm³/mol. The normalized spacial score (nSPS) is 13.0. The number of hydrogen-bond donors (Lipinski definition) is 3. The van der Waals surface area contributed by atoms with Crippen molar-refractivity contribution >= 4 is 11.9 Å². The van der Waals surface area contributed by atoms with Gasteiger partial charge in [-0.3, -0.25) is 9.79 Å². The fourth-order valence-electron chi connectivity index (χ4n) is 1.76. The van der Waals surface area contributed by atoms with E-state index in [4.69, 9.17) is 14.9 Å². The van der Waals surface area contributed by atoms with Gasteiger partial charge in [0.1, 0.15) is 0 Å². The van der Waals surface area contributed by atoms with Crippen LogP contribution in [0.4, 0.5) is 0 Å². The molecule has 118 valence electrons. The van der Waals surface area contributed by atoms with Gasteiger partial charge in [0, 0.05) is 31.8 Å². The Hall–Kier alpha value is -2.02. The van der Waals surface area contributed by atoms with Crippen LogP contribution in [0.3, 0.4) is 0 Å². The number of nitrogens with one attached hydrogen (secondary N) is 2. The van der Waals surface area contributed by atoms with Crippen LogP contribution in [-0.2, 0) is 4.74 Å². The number of guanidine groups is 1. The summed E-state index contributed by atoms with van der Waals surface area (Å²) in [6.07, 6.45) is 2.20. The number of furan rings is 1. The molecule has 0 spiro atoms. The van der Waals surface area contributed by atoms with Gasteiger partial charge in [-0.25, -0.2) is 0 Å². The number of aliphatic imine (C=N–C) groups is 1. The van der Waals surface area contributed by atoms with E-state index in [1.54, 1.807) is 13.2 Å². The Bertz CT molecular complexity index is 471. The van der Waals surface area contributed by atoms with Crippen LogP contribution in [0.5, 0.6) is 0 Å². The summed E-state index contributed by atoms with van der Waals surface area (Å²) < 4.78 is 10.1. The second-order valence-corrected chi connectivity index (χ2v) is 4.81. The molecule has 0 aliphatic rings. The lowest BCUT2D eigenvalue weighted by molar-refractivity contribution is 0.0925. The first-order valence-corrected chi connectivity index (χ1v) is 6.92. The summed E-state index contributed by atoms with van der Waals surface area (Å²) in [6.45, 7) is 5.40. The van der Waals surface area contributed by atoms with Gasteiger partial charge in [-0.2, -0.15) is 0 Å². The first-order chi connectivity index (χ1) is 10.0. The van der Waals surface area contributed by atoms with Crippen molar-refractivity contribution in [3.63, 3.8) is 0 Å². The predicted octanol–water partition coefficient (Wildman–Crippen LogP) is 0.647. The Labute approximate surface area is 124 Å². The molecule has 0 bridgehead atoms. The topological polar surface area (TPSA) is 102 Å². The molecule has 4 N–H and O–H groups in total. The Morgan fingerprint density at radius 1 is 1.57 bits per heavy atom. The fourth-order valence-corrected chi connectivity index (χ4v) is 1.76. The van der Waals surface area contributed by atoms with E-state index in [0.29, 0.717) is 37.8 Å². The number of nitrogens with two attached hydrogens (primary N) is 1. The van der Waals surface area contributed by atoms with Gasteiger partial charge in [-0.1, -0.05) is 0 Å². The smallest absolute Gasteiger partial charge is 0.287 e. The van der Waals surface area contributed by atoms with Gasteiger partial charge in [-0.05, 0) is 26.3 Å². The van der Waals surface area contributed by atoms with Crippen molar-refractivity contribution in [2.45, 2.75) is 26.3 Å². The summed E-state index contributed by atoms with van der Waals surface area (Å²) >= 11 is 0. The average molecular weight is 296 g/mol. The highest BCUT2D eigenvalue weighted by Crippen LogP contribution is 2.07. The van der Waals surface area contributed by atoms with Crippen LogP contribution in [0.2, 0.25) is 0 Å². The van der Waals surface area contributed by atoms with Crippen LogP contribution in [0.15, 0.2) is 21.7 Å². The van der Waals surface area contributed by atoms with Gasteiger partial charge >= 0.3 is 0 Å². The quantitative estimate of drug-likeness (QED) is 0.371. The molecule has 1 atom stereocenters. The molecule has 1 heterocycles. The highest BCUT2D eigenvalue weighted by atomic mass is 16.5. The summed E-state index contributed by atoms with van der Waals surface area (Å²) in [5.74, 6) is 0.530. The lowest BCUT2D eigenvalue weighted by atomic mass is 10.2. The summed E-state index contributed by atoms with van der Waals surface area (Å²) in [7, 11) is 1.63. The molecule has 0 aliphatic heterocycles. The number of ether oxygens (including phenoxy) is 1. The van der Waals surface area contributed by atoms with E-state index in [-0.39, 0.29) is 11.9 Å². The molecule has 0 fully saturated rings. The zero-order valence-corrected chi connectivity index (χ0v) is 12.8. The van der Waals surface area contributed by atoms with Crippen LogP contribution in [0.1, 0.15) is 29.5 Å². The van der Waals surface area contributed by atoms with Crippen LogP contribution in [0.25, 0.3) is 0 Å². The molecule has 21 heavy (non-hydrogen) atoms. The minimum atomic E-state index is -0.207. The van der Waals surface area contributed by atoms with Crippen molar-refractivity contribution in [1.29, 1.82) is 0 Å². The number of carbonyl (C=O) groups is 1. The minimum absolute atomic E-state index is 0.111. The first-order valence-electron chi connectivity index (χ1n) is 6.92. The standard InChI is InChI=1S/C14H24N4O3/c1-10-5-8-21-12(10)13(19)16-6-4-7-17-14(15)18-11(2)9-20-3/h5,8,11H,4,6-7,9H2,1-3H3,(H,16,19)(H3,15,17,18). The van der Waals surface area contributed by atoms with E-state index < -0.39 is 0 Å². The summed E-state index contributed by atoms with van der Waals surface area (Å²) in [5, 5.41) is 5.79. The van der Waals surface area contributed by atoms with E-state index in [2.05, 4.69) is 15.6 Å². The van der Waals surface area contributed by atoms with Crippen LogP contribution >= 0.6 is 0 Å². The SMILES string of the molecule is COCC(C)NC(N)=NCCCNC(=O)c1occc1C. The van der Waals surface area contributed by atoms with Gasteiger partial charge in [0.2, 0.25) is 0 Å². The number of carbonyl (C=O) groups excluding carboxylic acids is 1. The van der Waals surface area contributed by atoms with E-state index in [1.807, 2.05) is 13.8 Å². The number of hydrogen-bond acceptors (Lipinski definition) is 4. The van der Waals surface area contributed by atoms with Crippen molar-refractivity contribution in [1.82, 2.24) is 10.6 Å². The zero-order chi connectivity index (χ0) is 15.7. The molecule has 1 aromatic rings. The largest absolute Gasteiger partial charge is 0.459 e. The average Bonchev–Trinajstić information content (AvgIpc) is 2.84. The maximum Gasteiger partial charge on any atom is 0.287 e. The number of nitrogens with zero attached hydrogens (tertiary/aromatic N) is 1. The van der Waals surface area contributed by atoms with Crippen LogP contribution < -0.4 is 16.4 Å². The Morgan fingerprint density at radius 2 is 2.33 bits per heavy atom. The molecule has 7 heteroatoms. The van der Waals surface area contributed by atoms with E-state index in [0.717, 1.165) is 5.56 Å². The first kappa shape index (κ1) is 17.0. The molecule has 7 nitrogen and oxygen atoms in total. The Balaban J connectivity index is 2.19. The van der Waals surface area contributed by atoms with E-state index >= 15 is 0 Å². The lowest BCUT2D eigenvalue weighted by Crippen LogP contribution is -2.40. The molecular weight excluding hydrogens is 272 g/mol. The summed E-state index contributed by atoms with van der Waals surface area (Å²) in [5.41, 5.74) is 6.55. The van der Waals surface area contributed by atoms with Crippen LogP contribution in [-0.4, -0.2) is 44.7 Å². The minimum Gasteiger partial charge on any atom is -0.459 e. The summed E-state index contributed by atoms with van der Waals surface area (Å²) in [6, 6.07) is 1.87. The van der Waals surface area contributed by atoms with Gasteiger partial charge in [-0.15, -0.1) is 0 Å². The molecule has 0 radical (unpaired) electrons. The lowest BCUT2D eigenvalue weighted by Gasteiger charge is -2.13. The number of rotatable bonds is 8. The number of amides is 1. The molecular formula is C14H24N4O3. The van der Waals surface area contributed by atoms with Gasteiger partial charge in [0.15, 0.2) is 11.7 Å². The number of aryl methyl sites for hydroxylation is 1. The monoisotopic (exact) mass is 296 g/mol. The second-order valence-electron chi connectivity index (χ2n) is 4.81. The highest BCUT2D eigenvalue weighted by Gasteiger charge is 2.11. The molecule has 0 aliphatic carbocycles. The van der Waals surface area contributed by atoms with Gasteiger partial charge < -0.3 is 25.5 Å². The van der Waals surface area contributed by atoms with E-state index in [1.165, 1.54) is 6.26 Å². The second kappa shape index (κ2) is 9.02. The van der Waals surface area contributed by atoms with Crippen molar-refractivity contribution in [2.24, 2.45) is 10.7 Å². The molecule has 0 saturated carbocycles. The highest BCUT2D eigenvalue weighted by molar-refractivity contribution is 5.92. The molecule has 1 amide bonds. The Kier molecular flexibility index (Phi) is 7.31. The number of methoxy groups -OCH3 is 1. The van der Waals surface area contributed by atoms with Crippen molar-refractivity contribution in [3.8, 4) is 0 Å². The van der Waals surface area contributed by atoms with Crippen molar-refractivity contribution in [2.75, 3.05) is 26.8 Å². The molecule has 1 unspecified atom stereocenters. The Morgan fingerprint density at radius 3 is 2.95 bits per heavy atom. The molecule has 0 aromatic carbocycles. The van der Waals surface area contributed by atoms with Crippen molar-refractivity contribution in [3.05, 3.63) is 23.7 Å². The molecule has 1 aromatic heterocycles. The van der Waals surface area contributed by atoms with Gasteiger partial charge in [0.05, 0.1) is 12.9 Å². The fraction of sp³-hybridized carbons (Fsp3) is 0.571. The third-order valence-corrected chi connectivity index (χ3v) is 2.78. The van der Waals surface area contributed by atoms with Crippen molar-refractivity contribution < 1.29 is 13.9 Å². The summed E-state index contributed by atoms with van der Waals surface area (Å²) in [4.78, 5) is 15.9. The van der Waals surface area contributed by atoms with Gasteiger partial charge in [0.25, 0.3) is 5.91 Å². The maximum atomic E-state index is 11.7. The third-order valence-electron chi connectivity index (χ3n) is 2.78. The molecule has 1 rings (SSSR count). The third kappa shape index (κ3) is 6.31. The van der Waals surface area contributed by atoms with E-state index in [9.17, 15) is 4.79 Å². The maximum absolute atomic E-state index is 11.7.